The van der Waals surface area contributed by atoms with Crippen LogP contribution in [0.2, 0.25) is 0 Å². The van der Waals surface area contributed by atoms with Crippen molar-refractivity contribution in [2.75, 3.05) is 14.2 Å². The molecule has 33 heavy (non-hydrogen) atoms. The van der Waals surface area contributed by atoms with E-state index in [0.717, 1.165) is 19.3 Å². The van der Waals surface area contributed by atoms with Gasteiger partial charge in [0.15, 0.2) is 17.2 Å². The minimum Gasteiger partial charge on any atom is -0.490 e. The summed E-state index contributed by atoms with van der Waals surface area (Å²) in [4.78, 5) is 27.1. The Morgan fingerprint density at radius 3 is 2.36 bits per heavy atom. The fraction of sp³-hybridized carbons (Fsp3) is 0.833. The molecule has 5 aliphatic rings. The predicted molar refractivity (Wildman–Crippen MR) is 124 cm³/mol. The summed E-state index contributed by atoms with van der Waals surface area (Å²) in [5, 5.41) is -0.687. The highest BCUT2D eigenvalue weighted by Crippen LogP contribution is 2.56. The molecule has 0 radical (unpaired) electrons. The molecule has 0 amide bonds. The first-order valence-electron chi connectivity index (χ1n) is 11.9. The van der Waals surface area contributed by atoms with Crippen LogP contribution in [0.25, 0.3) is 0 Å². The second kappa shape index (κ2) is 8.94. The van der Waals surface area contributed by atoms with Gasteiger partial charge in [0, 0.05) is 50.4 Å². The Kier molecular flexibility index (Phi) is 6.59. The van der Waals surface area contributed by atoms with Gasteiger partial charge in [-0.25, -0.2) is 0 Å². The number of ether oxygens (including phenoxy) is 4. The van der Waals surface area contributed by atoms with Gasteiger partial charge in [-0.05, 0) is 25.2 Å². The van der Waals surface area contributed by atoms with Gasteiger partial charge in [-0.2, -0.15) is 0 Å². The van der Waals surface area contributed by atoms with E-state index in [4.69, 9.17) is 53.8 Å². The van der Waals surface area contributed by atoms with Crippen LogP contribution < -0.4 is 0 Å². The van der Waals surface area contributed by atoms with Gasteiger partial charge in [0.25, 0.3) is 0 Å². The van der Waals surface area contributed by atoms with Crippen molar-refractivity contribution in [3.63, 3.8) is 0 Å². The molecule has 9 heteroatoms. The molecule has 3 fully saturated rings. The lowest BCUT2D eigenvalue weighted by Gasteiger charge is -2.39. The number of methoxy groups -OCH3 is 2. The first-order valence-corrected chi connectivity index (χ1v) is 13.2. The summed E-state index contributed by atoms with van der Waals surface area (Å²) in [5.41, 5.74) is -0.725. The molecule has 0 aromatic heterocycles. The van der Waals surface area contributed by atoms with Crippen LogP contribution in [-0.4, -0.2) is 71.9 Å². The van der Waals surface area contributed by atoms with Gasteiger partial charge < -0.3 is 18.9 Å². The number of hydrogen-bond acceptors (Lipinski definition) is 6. The molecule has 1 saturated heterocycles. The monoisotopic (exact) mass is 520 g/mol. The van der Waals surface area contributed by atoms with Gasteiger partial charge >= 0.3 is 0 Å². The van der Waals surface area contributed by atoms with Gasteiger partial charge in [-0.15, -0.1) is 34.8 Å². The van der Waals surface area contributed by atoms with Crippen molar-refractivity contribution in [2.24, 2.45) is 17.8 Å². The van der Waals surface area contributed by atoms with Crippen molar-refractivity contribution in [2.45, 2.75) is 91.6 Å². The fourth-order valence-corrected chi connectivity index (χ4v) is 7.68. The summed E-state index contributed by atoms with van der Waals surface area (Å²) < 4.78 is 24.4. The normalized spacial score (nSPS) is 49.9. The number of Topliss-reactive ketones (excluding diaryl/α,β-unsaturated/α-hetero) is 2. The average Bonchev–Trinajstić information content (AvgIpc) is 3.37. The molecule has 6 nitrogen and oxygen atoms in total. The van der Waals surface area contributed by atoms with Crippen molar-refractivity contribution < 1.29 is 28.5 Å². The average molecular weight is 522 g/mol. The summed E-state index contributed by atoms with van der Waals surface area (Å²) in [6, 6.07) is 0. The summed E-state index contributed by atoms with van der Waals surface area (Å²) in [6.07, 6.45) is 2.20. The molecule has 0 aromatic rings. The molecule has 5 rings (SSSR count). The molecular weight excluding hydrogens is 491 g/mol. The third kappa shape index (κ3) is 3.62. The maximum atomic E-state index is 14.1. The number of alkyl halides is 3. The third-order valence-electron chi connectivity index (χ3n) is 8.55. The molecule has 0 bridgehead atoms. The molecule has 2 saturated carbocycles. The highest BCUT2D eigenvalue weighted by atomic mass is 35.5. The van der Waals surface area contributed by atoms with E-state index in [9.17, 15) is 9.59 Å². The summed E-state index contributed by atoms with van der Waals surface area (Å²) in [7, 11) is 3.20. The van der Waals surface area contributed by atoms with Crippen molar-refractivity contribution in [1.82, 2.24) is 0 Å². The van der Waals surface area contributed by atoms with E-state index in [0.29, 0.717) is 24.2 Å². The molecule has 8 unspecified atom stereocenters. The zero-order chi connectivity index (χ0) is 23.7. The summed E-state index contributed by atoms with van der Waals surface area (Å²) in [6.45, 7) is 1.89. The highest BCUT2D eigenvalue weighted by Gasteiger charge is 2.69. The Hall–Kier alpha value is -0.370. The van der Waals surface area contributed by atoms with Gasteiger partial charge in [-0.3, -0.25) is 9.59 Å². The molecule has 0 N–H and O–H groups in total. The number of carbonyl (C=O) groups is 2. The Balaban J connectivity index is 1.48. The van der Waals surface area contributed by atoms with E-state index in [2.05, 4.69) is 0 Å². The maximum absolute atomic E-state index is 14.1. The number of rotatable bonds is 3. The lowest BCUT2D eigenvalue weighted by Crippen LogP contribution is -2.52. The Morgan fingerprint density at radius 2 is 1.70 bits per heavy atom. The number of carbonyl (C=O) groups excluding carboxylic acids is 2. The first-order chi connectivity index (χ1) is 15.7. The SMILES string of the molecule is COC1CC(OC)C2C(=O)[C@@]3(OC2C1Cl)C1=C(C[C@@H](C2CCC(Cl)C(Cl)C2)O1)C(=O)C[C@H]3C. The Morgan fingerprint density at radius 1 is 0.970 bits per heavy atom. The molecule has 0 aromatic carbocycles. The smallest absolute Gasteiger partial charge is 0.187 e. The zero-order valence-electron chi connectivity index (χ0n) is 19.1. The van der Waals surface area contributed by atoms with Crippen LogP contribution >= 0.6 is 34.8 Å². The molecule has 3 aliphatic carbocycles. The van der Waals surface area contributed by atoms with Gasteiger partial charge in [0.2, 0.25) is 0 Å². The van der Waals surface area contributed by atoms with Crippen LogP contribution in [0.5, 0.6) is 0 Å². The van der Waals surface area contributed by atoms with E-state index < -0.39 is 23.0 Å². The van der Waals surface area contributed by atoms with E-state index in [1.807, 2.05) is 6.92 Å². The van der Waals surface area contributed by atoms with Crippen molar-refractivity contribution in [3.05, 3.63) is 11.3 Å². The van der Waals surface area contributed by atoms with Crippen LogP contribution in [0.15, 0.2) is 11.3 Å². The fourth-order valence-electron chi connectivity index (χ4n) is 6.69. The first kappa shape index (κ1) is 24.3. The van der Waals surface area contributed by atoms with Crippen LogP contribution in [0, 0.1) is 17.8 Å². The lowest BCUT2D eigenvalue weighted by molar-refractivity contribution is -0.147. The van der Waals surface area contributed by atoms with E-state index in [1.54, 1.807) is 14.2 Å². The van der Waals surface area contributed by atoms with Crippen molar-refractivity contribution in [1.29, 1.82) is 0 Å². The minimum atomic E-state index is -1.32. The van der Waals surface area contributed by atoms with Crippen LogP contribution in [0.1, 0.15) is 45.4 Å². The van der Waals surface area contributed by atoms with Gasteiger partial charge in [0.05, 0.1) is 35.0 Å². The Bertz CT molecular complexity index is 863. The Labute approximate surface area is 209 Å². The molecular formula is C24H31Cl3O6. The lowest BCUT2D eigenvalue weighted by atomic mass is 9.69. The molecule has 2 heterocycles. The molecule has 2 aliphatic heterocycles. The second-order valence-corrected chi connectivity index (χ2v) is 11.9. The number of fused-ring (bicyclic) bond motifs is 2. The topological polar surface area (TPSA) is 71.1 Å². The molecule has 184 valence electrons. The number of halogens is 3. The third-order valence-corrected chi connectivity index (χ3v) is 10.2. The van der Waals surface area contributed by atoms with Crippen LogP contribution in [0.4, 0.5) is 0 Å². The van der Waals surface area contributed by atoms with E-state index in [-0.39, 0.29) is 58.9 Å². The second-order valence-electron chi connectivity index (χ2n) is 10.2. The minimum absolute atomic E-state index is 0.0332. The van der Waals surface area contributed by atoms with Gasteiger partial charge in [-0.1, -0.05) is 6.92 Å². The quantitative estimate of drug-likeness (QED) is 0.523. The van der Waals surface area contributed by atoms with Crippen molar-refractivity contribution >= 4 is 46.4 Å². The summed E-state index contributed by atoms with van der Waals surface area (Å²) in [5.74, 6) is -0.365. The molecule has 1 spiro atoms. The summed E-state index contributed by atoms with van der Waals surface area (Å²) >= 11 is 19.5. The van der Waals surface area contributed by atoms with Crippen molar-refractivity contribution in [3.8, 4) is 0 Å². The van der Waals surface area contributed by atoms with E-state index in [1.165, 1.54) is 0 Å². The maximum Gasteiger partial charge on any atom is 0.187 e. The van der Waals surface area contributed by atoms with Crippen LogP contribution in [0.3, 0.4) is 0 Å². The van der Waals surface area contributed by atoms with Gasteiger partial charge in [0.1, 0.15) is 11.9 Å². The molecule has 11 atom stereocenters. The highest BCUT2D eigenvalue weighted by molar-refractivity contribution is 6.30. The predicted octanol–water partition coefficient (Wildman–Crippen LogP) is 4.02. The number of hydrogen-bond donors (Lipinski definition) is 0. The zero-order valence-corrected chi connectivity index (χ0v) is 21.4. The largest absolute Gasteiger partial charge is 0.490 e. The standard InChI is InChI=1S/C24H31Cl3O6/c1-10-6-15(28)12-8-16(11-4-5-13(25)14(26)7-11)32-23(12)24(10)22(29)19-17(30-2)9-18(31-3)20(27)21(19)33-24/h10-11,13-14,16-21H,4-9H2,1-3H3/t10-,11?,13?,14?,16+,17?,18?,19?,20?,21?,24-/m1/s1. The van der Waals surface area contributed by atoms with Crippen LogP contribution in [-0.2, 0) is 28.5 Å². The van der Waals surface area contributed by atoms with E-state index >= 15 is 0 Å². The number of ketones is 2.